The molecule has 0 saturated heterocycles. The van der Waals surface area contributed by atoms with Crippen LogP contribution < -0.4 is 5.32 Å². The van der Waals surface area contributed by atoms with Crippen LogP contribution in [-0.2, 0) is 7.05 Å². The van der Waals surface area contributed by atoms with Crippen molar-refractivity contribution < 1.29 is 9.72 Å². The van der Waals surface area contributed by atoms with Gasteiger partial charge in [-0.3, -0.25) is 19.9 Å². The normalized spacial score (nSPS) is 11.6. The Balaban J connectivity index is 1.73. The van der Waals surface area contributed by atoms with Crippen molar-refractivity contribution in [3.8, 4) is 0 Å². The van der Waals surface area contributed by atoms with E-state index in [1.807, 2.05) is 48.5 Å². The highest BCUT2D eigenvalue weighted by molar-refractivity contribution is 6.07. The van der Waals surface area contributed by atoms with Crippen molar-refractivity contribution in [2.75, 3.05) is 5.32 Å². The Bertz CT molecular complexity index is 1180. The van der Waals surface area contributed by atoms with Crippen molar-refractivity contribution in [1.82, 2.24) is 14.5 Å². The van der Waals surface area contributed by atoms with Crippen LogP contribution in [0.3, 0.4) is 0 Å². The molecule has 0 bridgehead atoms. The summed E-state index contributed by atoms with van der Waals surface area (Å²) in [6.07, 6.45) is 4.83. The van der Waals surface area contributed by atoms with Crippen LogP contribution in [0.2, 0.25) is 0 Å². The lowest BCUT2D eigenvalue weighted by Crippen LogP contribution is -2.15. The first-order valence-corrected chi connectivity index (χ1v) is 9.57. The van der Waals surface area contributed by atoms with Gasteiger partial charge < -0.3 is 9.88 Å². The summed E-state index contributed by atoms with van der Waals surface area (Å²) in [7, 11) is 1.70. The monoisotopic (exact) mass is 413 g/mol. The minimum Gasteiger partial charge on any atom is -0.367 e. The Morgan fingerprint density at radius 3 is 2.45 bits per heavy atom. The van der Waals surface area contributed by atoms with Crippen molar-refractivity contribution in [1.29, 1.82) is 0 Å². The zero-order valence-corrected chi connectivity index (χ0v) is 16.7. The van der Waals surface area contributed by atoms with E-state index >= 15 is 0 Å². The fourth-order valence-electron chi connectivity index (χ4n) is 3.34. The van der Waals surface area contributed by atoms with Gasteiger partial charge in [-0.25, -0.2) is 4.98 Å². The fraction of sp³-hybridized carbons (Fsp3) is 0.0870. The zero-order valence-electron chi connectivity index (χ0n) is 16.7. The summed E-state index contributed by atoms with van der Waals surface area (Å²) < 4.78 is 1.58. The molecule has 0 saturated carbocycles. The summed E-state index contributed by atoms with van der Waals surface area (Å²) in [6, 6.07) is 19.1. The topological polar surface area (TPSA) is 103 Å². The molecule has 1 atom stereocenters. The number of anilines is 1. The predicted molar refractivity (Wildman–Crippen MR) is 116 cm³/mol. The summed E-state index contributed by atoms with van der Waals surface area (Å²) >= 11 is 0. The third-order valence-electron chi connectivity index (χ3n) is 4.90. The first kappa shape index (κ1) is 20.0. The number of nitro benzene ring substituents is 1. The van der Waals surface area contributed by atoms with Gasteiger partial charge in [-0.05, 0) is 29.8 Å². The number of pyridine rings is 1. The molecule has 0 radical (unpaired) electrons. The molecule has 8 heteroatoms. The van der Waals surface area contributed by atoms with Gasteiger partial charge in [-0.1, -0.05) is 36.4 Å². The fourth-order valence-corrected chi connectivity index (χ4v) is 3.34. The van der Waals surface area contributed by atoms with Crippen molar-refractivity contribution in [3.05, 3.63) is 118 Å². The predicted octanol–water partition coefficient (Wildman–Crippen LogP) is 4.16. The van der Waals surface area contributed by atoms with Crippen molar-refractivity contribution in [2.24, 2.45) is 7.05 Å². The minimum atomic E-state index is -0.502. The number of benzene rings is 2. The van der Waals surface area contributed by atoms with Crippen molar-refractivity contribution in [2.45, 2.75) is 6.04 Å². The molecular formula is C23H19N5O3. The van der Waals surface area contributed by atoms with E-state index in [4.69, 9.17) is 0 Å². The van der Waals surface area contributed by atoms with Gasteiger partial charge >= 0.3 is 0 Å². The standard InChI is InChI=1S/C23H19N5O3/c1-27-14-13-25-23(27)22(29)17-10-11-18(20(15-17)28(30)31)26-21(16-7-3-2-4-8-16)19-9-5-6-12-24-19/h2-15,21,26H,1H3. The zero-order chi connectivity index (χ0) is 21.8. The molecule has 31 heavy (non-hydrogen) atoms. The lowest BCUT2D eigenvalue weighted by molar-refractivity contribution is -0.384. The molecule has 0 amide bonds. The van der Waals surface area contributed by atoms with Crippen LogP contribution in [0.5, 0.6) is 0 Å². The van der Waals surface area contributed by atoms with Crippen LogP contribution in [0.1, 0.15) is 33.5 Å². The highest BCUT2D eigenvalue weighted by Crippen LogP contribution is 2.32. The van der Waals surface area contributed by atoms with E-state index in [2.05, 4.69) is 15.3 Å². The second-order valence-corrected chi connectivity index (χ2v) is 6.92. The number of nitro groups is 1. The van der Waals surface area contributed by atoms with Gasteiger partial charge in [-0.15, -0.1) is 0 Å². The molecule has 4 aromatic rings. The molecule has 154 valence electrons. The number of hydrogen-bond donors (Lipinski definition) is 1. The van der Waals surface area contributed by atoms with Crippen LogP contribution in [-0.4, -0.2) is 25.2 Å². The molecule has 0 aliphatic rings. The van der Waals surface area contributed by atoms with Crippen molar-refractivity contribution in [3.63, 3.8) is 0 Å². The maximum Gasteiger partial charge on any atom is 0.293 e. The molecule has 0 spiro atoms. The van der Waals surface area contributed by atoms with Gasteiger partial charge in [0.05, 0.1) is 16.7 Å². The van der Waals surface area contributed by atoms with Crippen LogP contribution in [0, 0.1) is 10.1 Å². The third-order valence-corrected chi connectivity index (χ3v) is 4.90. The average molecular weight is 413 g/mol. The Morgan fingerprint density at radius 1 is 1.03 bits per heavy atom. The molecule has 0 aliphatic carbocycles. The number of hydrogen-bond acceptors (Lipinski definition) is 6. The summed E-state index contributed by atoms with van der Waals surface area (Å²) in [6.45, 7) is 0. The average Bonchev–Trinajstić information content (AvgIpc) is 3.24. The number of nitrogens with one attached hydrogen (secondary N) is 1. The molecule has 1 N–H and O–H groups in total. The van der Waals surface area contributed by atoms with Gasteiger partial charge in [0.15, 0.2) is 5.82 Å². The van der Waals surface area contributed by atoms with E-state index in [0.29, 0.717) is 5.69 Å². The van der Waals surface area contributed by atoms with E-state index in [1.54, 1.807) is 36.1 Å². The van der Waals surface area contributed by atoms with E-state index in [9.17, 15) is 14.9 Å². The second-order valence-electron chi connectivity index (χ2n) is 6.92. The highest BCUT2D eigenvalue weighted by atomic mass is 16.6. The van der Waals surface area contributed by atoms with Gasteiger partial charge in [0.2, 0.25) is 5.78 Å². The summed E-state index contributed by atoms with van der Waals surface area (Å²) in [5.41, 5.74) is 1.92. The van der Waals surface area contributed by atoms with Gasteiger partial charge in [0.1, 0.15) is 5.69 Å². The molecule has 1 unspecified atom stereocenters. The van der Waals surface area contributed by atoms with Crippen LogP contribution in [0.4, 0.5) is 11.4 Å². The summed E-state index contributed by atoms with van der Waals surface area (Å²) in [4.78, 5) is 32.5. The minimum absolute atomic E-state index is 0.195. The quantitative estimate of drug-likeness (QED) is 0.277. The number of carbonyl (C=O) groups excluding carboxylic acids is 1. The maximum atomic E-state index is 12.7. The number of carbonyl (C=O) groups is 1. The highest BCUT2D eigenvalue weighted by Gasteiger charge is 2.23. The number of imidazole rings is 1. The Labute approximate surface area is 178 Å². The Morgan fingerprint density at radius 2 is 1.81 bits per heavy atom. The smallest absolute Gasteiger partial charge is 0.293 e. The lowest BCUT2D eigenvalue weighted by atomic mass is 10.0. The van der Waals surface area contributed by atoms with Crippen LogP contribution >= 0.6 is 0 Å². The number of aromatic nitrogens is 3. The molecule has 0 aliphatic heterocycles. The van der Waals surface area contributed by atoms with E-state index in [0.717, 1.165) is 11.3 Å². The molecule has 2 heterocycles. The van der Waals surface area contributed by atoms with Crippen LogP contribution in [0.15, 0.2) is 85.3 Å². The molecule has 0 fully saturated rings. The number of ketones is 1. The second kappa shape index (κ2) is 8.58. The van der Waals surface area contributed by atoms with Crippen molar-refractivity contribution >= 4 is 17.2 Å². The Hall–Kier alpha value is -4.33. The number of rotatable bonds is 7. The maximum absolute atomic E-state index is 12.7. The molecule has 4 rings (SSSR count). The van der Waals surface area contributed by atoms with E-state index in [-0.39, 0.29) is 22.9 Å². The SMILES string of the molecule is Cn1ccnc1C(=O)c1ccc(NC(c2ccccc2)c2ccccn2)c([N+](=O)[O-])c1. The molecule has 2 aromatic heterocycles. The van der Waals surface area contributed by atoms with E-state index < -0.39 is 11.0 Å². The Kier molecular flexibility index (Phi) is 5.53. The summed E-state index contributed by atoms with van der Waals surface area (Å²) in [5, 5.41) is 15.1. The lowest BCUT2D eigenvalue weighted by Gasteiger charge is -2.20. The number of aryl methyl sites for hydroxylation is 1. The summed E-state index contributed by atoms with van der Waals surface area (Å²) in [5.74, 6) is -0.169. The third kappa shape index (κ3) is 4.18. The largest absolute Gasteiger partial charge is 0.367 e. The van der Waals surface area contributed by atoms with Gasteiger partial charge in [0.25, 0.3) is 5.69 Å². The molecular weight excluding hydrogens is 394 g/mol. The first-order valence-electron chi connectivity index (χ1n) is 9.57. The number of nitrogens with zero attached hydrogens (tertiary/aromatic N) is 4. The van der Waals surface area contributed by atoms with Gasteiger partial charge in [-0.2, -0.15) is 0 Å². The van der Waals surface area contributed by atoms with Gasteiger partial charge in [0, 0.05) is 37.3 Å². The first-order chi connectivity index (χ1) is 15.0. The van der Waals surface area contributed by atoms with Crippen LogP contribution in [0.25, 0.3) is 0 Å². The molecule has 2 aromatic carbocycles. The van der Waals surface area contributed by atoms with E-state index in [1.165, 1.54) is 12.3 Å². The molecule has 8 nitrogen and oxygen atoms in total.